The molecular weight excluding hydrogens is 392 g/mol. The molecule has 3 amide bonds. The fraction of sp³-hybridized carbons (Fsp3) is 0.381. The second-order valence-corrected chi connectivity index (χ2v) is 7.04. The summed E-state index contributed by atoms with van der Waals surface area (Å²) in [4.78, 5) is 60.8. The van der Waals surface area contributed by atoms with Crippen molar-refractivity contribution >= 4 is 29.7 Å². The van der Waals surface area contributed by atoms with Gasteiger partial charge in [0.2, 0.25) is 11.8 Å². The Kier molecular flexibility index (Phi) is 6.61. The van der Waals surface area contributed by atoms with Gasteiger partial charge in [0.1, 0.15) is 6.54 Å². The van der Waals surface area contributed by atoms with Crippen LogP contribution in [0.4, 0.5) is 0 Å². The number of nitrogens with zero attached hydrogens (tertiary/aromatic N) is 1. The Labute approximate surface area is 173 Å². The number of fused-ring (bicyclic) bond motifs is 1. The van der Waals surface area contributed by atoms with E-state index in [0.717, 1.165) is 10.5 Å². The summed E-state index contributed by atoms with van der Waals surface area (Å²) in [5.41, 5.74) is 1.13. The molecule has 1 aromatic rings. The minimum Gasteiger partial charge on any atom is -0.465 e. The molecular formula is C21H22N2O7. The van der Waals surface area contributed by atoms with E-state index in [1.807, 2.05) is 12.2 Å². The minimum absolute atomic E-state index is 0.178. The molecule has 1 fully saturated rings. The SMILES string of the molecule is COC(=O)c1ccc(CNC(=O)COC(=O)CN2C(=O)[C@H]3CC=CC[C@H]3C2=O)cc1. The van der Waals surface area contributed by atoms with Gasteiger partial charge in [-0.2, -0.15) is 0 Å². The zero-order valence-electron chi connectivity index (χ0n) is 16.5. The van der Waals surface area contributed by atoms with E-state index in [1.165, 1.54) is 7.11 Å². The number of allylic oxidation sites excluding steroid dienone is 2. The number of hydrogen-bond acceptors (Lipinski definition) is 7. The highest BCUT2D eigenvalue weighted by molar-refractivity contribution is 6.07. The molecule has 1 aliphatic carbocycles. The third-order valence-corrected chi connectivity index (χ3v) is 5.12. The van der Waals surface area contributed by atoms with Gasteiger partial charge in [-0.15, -0.1) is 0 Å². The van der Waals surface area contributed by atoms with Crippen molar-refractivity contribution in [2.75, 3.05) is 20.3 Å². The fourth-order valence-electron chi connectivity index (χ4n) is 3.47. The first-order valence-electron chi connectivity index (χ1n) is 9.50. The Bertz CT molecular complexity index is 865. The summed E-state index contributed by atoms with van der Waals surface area (Å²) in [6, 6.07) is 6.48. The number of nitrogens with one attached hydrogen (secondary N) is 1. The zero-order chi connectivity index (χ0) is 21.7. The molecule has 0 bridgehead atoms. The van der Waals surface area contributed by atoms with Crippen molar-refractivity contribution in [2.45, 2.75) is 19.4 Å². The van der Waals surface area contributed by atoms with Crippen LogP contribution in [0.3, 0.4) is 0 Å². The maximum atomic E-state index is 12.3. The highest BCUT2D eigenvalue weighted by Gasteiger charge is 2.47. The first-order valence-corrected chi connectivity index (χ1v) is 9.50. The third-order valence-electron chi connectivity index (χ3n) is 5.12. The maximum Gasteiger partial charge on any atom is 0.337 e. The van der Waals surface area contributed by atoms with Crippen molar-refractivity contribution in [3.63, 3.8) is 0 Å². The number of likely N-dealkylation sites (tertiary alicyclic amines) is 1. The molecule has 1 N–H and O–H groups in total. The topological polar surface area (TPSA) is 119 Å². The van der Waals surface area contributed by atoms with Gasteiger partial charge in [-0.3, -0.25) is 24.1 Å². The van der Waals surface area contributed by atoms with E-state index in [-0.39, 0.29) is 18.4 Å². The van der Waals surface area contributed by atoms with Gasteiger partial charge in [0.05, 0.1) is 24.5 Å². The van der Waals surface area contributed by atoms with Crippen LogP contribution in [0.15, 0.2) is 36.4 Å². The number of imide groups is 1. The molecule has 9 heteroatoms. The van der Waals surface area contributed by atoms with Crippen LogP contribution < -0.4 is 5.32 Å². The highest BCUT2D eigenvalue weighted by atomic mass is 16.5. The van der Waals surface area contributed by atoms with E-state index in [1.54, 1.807) is 24.3 Å². The molecule has 2 atom stereocenters. The number of benzene rings is 1. The van der Waals surface area contributed by atoms with Crippen LogP contribution in [-0.2, 0) is 35.2 Å². The van der Waals surface area contributed by atoms with Crippen LogP contribution >= 0.6 is 0 Å². The van der Waals surface area contributed by atoms with Gasteiger partial charge in [-0.25, -0.2) is 4.79 Å². The first kappa shape index (κ1) is 21.2. The fourth-order valence-corrected chi connectivity index (χ4v) is 3.47. The van der Waals surface area contributed by atoms with Gasteiger partial charge in [0.25, 0.3) is 5.91 Å². The zero-order valence-corrected chi connectivity index (χ0v) is 16.5. The lowest BCUT2D eigenvalue weighted by Gasteiger charge is -2.14. The van der Waals surface area contributed by atoms with Gasteiger partial charge in [0, 0.05) is 6.54 Å². The Balaban J connectivity index is 1.41. The molecule has 0 spiro atoms. The van der Waals surface area contributed by atoms with Gasteiger partial charge >= 0.3 is 11.9 Å². The monoisotopic (exact) mass is 414 g/mol. The van der Waals surface area contributed by atoms with E-state index in [9.17, 15) is 24.0 Å². The number of carbonyl (C=O) groups is 5. The van der Waals surface area contributed by atoms with Gasteiger partial charge in [-0.05, 0) is 30.5 Å². The summed E-state index contributed by atoms with van der Waals surface area (Å²) in [6.45, 7) is -0.839. The van der Waals surface area contributed by atoms with Crippen LogP contribution in [0.5, 0.6) is 0 Å². The third kappa shape index (κ3) is 4.73. The number of esters is 2. The molecule has 158 valence electrons. The lowest BCUT2D eigenvalue weighted by Crippen LogP contribution is -2.38. The molecule has 0 saturated carbocycles. The number of amides is 3. The normalized spacial score (nSPS) is 20.0. The lowest BCUT2D eigenvalue weighted by molar-refractivity contribution is -0.154. The molecule has 0 aromatic heterocycles. The van der Waals surface area contributed by atoms with E-state index >= 15 is 0 Å². The molecule has 1 aromatic carbocycles. The van der Waals surface area contributed by atoms with Gasteiger partial charge in [0.15, 0.2) is 6.61 Å². The number of carbonyl (C=O) groups excluding carboxylic acids is 5. The van der Waals surface area contributed by atoms with E-state index in [2.05, 4.69) is 10.1 Å². The standard InChI is InChI=1S/C21H22N2O7/c1-29-21(28)14-8-6-13(7-9-14)10-22-17(24)12-30-18(25)11-23-19(26)15-4-2-3-5-16(15)20(23)27/h2-3,6-9,15-16H,4-5,10-12H2,1H3,(H,22,24)/t15-,16+. The summed E-state index contributed by atoms with van der Waals surface area (Å²) < 4.78 is 9.51. The van der Waals surface area contributed by atoms with Gasteiger partial charge < -0.3 is 14.8 Å². The molecule has 30 heavy (non-hydrogen) atoms. The number of methoxy groups -OCH3 is 1. The molecule has 2 aliphatic rings. The van der Waals surface area contributed by atoms with Crippen molar-refractivity contribution in [1.82, 2.24) is 10.2 Å². The second kappa shape index (κ2) is 9.34. The van der Waals surface area contributed by atoms with Crippen molar-refractivity contribution in [2.24, 2.45) is 11.8 Å². The van der Waals surface area contributed by atoms with Crippen LogP contribution in [0.1, 0.15) is 28.8 Å². The Morgan fingerprint density at radius 2 is 1.63 bits per heavy atom. The summed E-state index contributed by atoms with van der Waals surface area (Å²) in [6.07, 6.45) is 4.70. The first-order chi connectivity index (χ1) is 14.4. The molecule has 0 unspecified atom stereocenters. The van der Waals surface area contributed by atoms with Crippen LogP contribution in [-0.4, -0.2) is 54.8 Å². The highest BCUT2D eigenvalue weighted by Crippen LogP contribution is 2.34. The van der Waals surface area contributed by atoms with Crippen molar-refractivity contribution in [3.8, 4) is 0 Å². The summed E-state index contributed by atoms with van der Waals surface area (Å²) >= 11 is 0. The average molecular weight is 414 g/mol. The molecule has 9 nitrogen and oxygen atoms in total. The van der Waals surface area contributed by atoms with Gasteiger partial charge in [-0.1, -0.05) is 24.3 Å². The predicted octanol–water partition coefficient (Wildman–Crippen LogP) is 0.584. The van der Waals surface area contributed by atoms with E-state index in [0.29, 0.717) is 18.4 Å². The van der Waals surface area contributed by atoms with Crippen LogP contribution in [0.25, 0.3) is 0 Å². The number of ether oxygens (including phenoxy) is 2. The smallest absolute Gasteiger partial charge is 0.337 e. The summed E-state index contributed by atoms with van der Waals surface area (Å²) in [7, 11) is 1.29. The largest absolute Gasteiger partial charge is 0.465 e. The number of hydrogen-bond donors (Lipinski definition) is 1. The van der Waals surface area contributed by atoms with E-state index < -0.39 is 42.8 Å². The van der Waals surface area contributed by atoms with Crippen LogP contribution in [0, 0.1) is 11.8 Å². The van der Waals surface area contributed by atoms with Crippen molar-refractivity contribution in [3.05, 3.63) is 47.5 Å². The maximum absolute atomic E-state index is 12.3. The lowest BCUT2D eigenvalue weighted by atomic mass is 9.85. The Hall–Kier alpha value is -3.49. The quantitative estimate of drug-likeness (QED) is 0.394. The predicted molar refractivity (Wildman–Crippen MR) is 103 cm³/mol. The molecule has 1 saturated heterocycles. The molecule has 3 rings (SSSR count). The van der Waals surface area contributed by atoms with Crippen molar-refractivity contribution in [1.29, 1.82) is 0 Å². The minimum atomic E-state index is -0.819. The molecule has 1 aliphatic heterocycles. The average Bonchev–Trinajstić information content (AvgIpc) is 3.01. The molecule has 0 radical (unpaired) electrons. The molecule has 1 heterocycles. The second-order valence-electron chi connectivity index (χ2n) is 7.04. The summed E-state index contributed by atoms with van der Waals surface area (Å²) in [5.74, 6) is -3.37. The van der Waals surface area contributed by atoms with E-state index in [4.69, 9.17) is 4.74 Å². The van der Waals surface area contributed by atoms with Crippen LogP contribution in [0.2, 0.25) is 0 Å². The Morgan fingerprint density at radius 3 is 2.20 bits per heavy atom. The number of rotatable bonds is 7. The van der Waals surface area contributed by atoms with Crippen molar-refractivity contribution < 1.29 is 33.4 Å². The summed E-state index contributed by atoms with van der Waals surface area (Å²) in [5, 5.41) is 2.58. The Morgan fingerprint density at radius 1 is 1.03 bits per heavy atom.